The monoisotopic (exact) mass is 300 g/mol. The van der Waals surface area contributed by atoms with Gasteiger partial charge in [0.15, 0.2) is 20.6 Å². The van der Waals surface area contributed by atoms with E-state index < -0.39 is 9.84 Å². The number of nitrogen functional groups attached to an aromatic ring is 1. The fourth-order valence-electron chi connectivity index (χ4n) is 1.75. The van der Waals surface area contributed by atoms with Crippen molar-refractivity contribution in [3.8, 4) is 5.69 Å². The number of aromatic nitrogens is 2. The molecule has 1 heterocycles. The molecule has 0 unspecified atom stereocenters. The second-order valence-electron chi connectivity index (χ2n) is 3.98. The normalized spacial score (nSPS) is 11.5. The lowest BCUT2D eigenvalue weighted by Crippen LogP contribution is -2.06. The topological polar surface area (TPSA) is 90.0 Å². The average Bonchev–Trinajstić information content (AvgIpc) is 2.66. The van der Waals surface area contributed by atoms with E-state index in [9.17, 15) is 8.42 Å². The molecule has 0 spiro atoms. The lowest BCUT2D eigenvalue weighted by atomic mass is 10.3. The minimum absolute atomic E-state index is 0.0185. The van der Waals surface area contributed by atoms with Gasteiger partial charge in [-0.1, -0.05) is 17.7 Å². The molecule has 0 aliphatic carbocycles. The van der Waals surface area contributed by atoms with Crippen LogP contribution in [0.2, 0.25) is 5.02 Å². The highest BCUT2D eigenvalue weighted by molar-refractivity contribution is 7.91. The number of sulfone groups is 1. The average molecular weight is 301 g/mol. The standard InChI is InChI=1S/C11H13ClN4O2S/c1-14-11-9(19(2,17)18)10(13)16(15-11)8-5-3-4-7(12)6-8/h3-6H,13H2,1-2H3,(H,14,15). The Kier molecular flexibility index (Phi) is 3.42. The summed E-state index contributed by atoms with van der Waals surface area (Å²) in [4.78, 5) is -0.0185. The molecule has 0 saturated heterocycles. The quantitative estimate of drug-likeness (QED) is 0.897. The summed E-state index contributed by atoms with van der Waals surface area (Å²) >= 11 is 5.90. The predicted octanol–water partition coefficient (Wildman–Crippen LogP) is 1.55. The molecule has 0 radical (unpaired) electrons. The maximum atomic E-state index is 11.7. The van der Waals surface area contributed by atoms with Crippen molar-refractivity contribution in [1.29, 1.82) is 0 Å². The van der Waals surface area contributed by atoms with Gasteiger partial charge >= 0.3 is 0 Å². The summed E-state index contributed by atoms with van der Waals surface area (Å²) in [6.45, 7) is 0. The molecule has 19 heavy (non-hydrogen) atoms. The Hall–Kier alpha value is -1.73. The third-order valence-corrected chi connectivity index (χ3v) is 3.92. The van der Waals surface area contributed by atoms with Gasteiger partial charge in [-0.05, 0) is 18.2 Å². The van der Waals surface area contributed by atoms with E-state index in [0.29, 0.717) is 10.7 Å². The van der Waals surface area contributed by atoms with Crippen LogP contribution in [0.5, 0.6) is 0 Å². The maximum Gasteiger partial charge on any atom is 0.182 e. The Bertz CT molecular complexity index is 724. The molecule has 0 atom stereocenters. The minimum Gasteiger partial charge on any atom is -0.382 e. The lowest BCUT2D eigenvalue weighted by molar-refractivity contribution is 0.602. The van der Waals surface area contributed by atoms with E-state index in [-0.39, 0.29) is 16.5 Å². The fraction of sp³-hybridized carbons (Fsp3) is 0.182. The smallest absolute Gasteiger partial charge is 0.182 e. The first-order chi connectivity index (χ1) is 8.84. The van der Waals surface area contributed by atoms with Crippen LogP contribution in [0.4, 0.5) is 11.6 Å². The van der Waals surface area contributed by atoms with Crippen LogP contribution < -0.4 is 11.1 Å². The number of hydrogen-bond acceptors (Lipinski definition) is 5. The van der Waals surface area contributed by atoms with Crippen molar-refractivity contribution in [2.75, 3.05) is 24.4 Å². The molecule has 2 aromatic rings. The summed E-state index contributed by atoms with van der Waals surface area (Å²) in [5.41, 5.74) is 6.48. The first kappa shape index (κ1) is 13.7. The number of nitrogens with zero attached hydrogens (tertiary/aromatic N) is 2. The molecule has 2 rings (SSSR count). The number of anilines is 2. The van der Waals surface area contributed by atoms with E-state index in [2.05, 4.69) is 10.4 Å². The van der Waals surface area contributed by atoms with E-state index >= 15 is 0 Å². The predicted molar refractivity (Wildman–Crippen MR) is 75.6 cm³/mol. The molecule has 0 aliphatic heterocycles. The molecule has 1 aromatic heterocycles. The molecule has 0 amide bonds. The second-order valence-corrected chi connectivity index (χ2v) is 6.37. The lowest BCUT2D eigenvalue weighted by Gasteiger charge is -2.04. The van der Waals surface area contributed by atoms with Crippen LogP contribution in [-0.4, -0.2) is 31.5 Å². The minimum atomic E-state index is -3.48. The number of nitrogens with two attached hydrogens (primary N) is 1. The Balaban J connectivity index is 2.71. The Labute approximate surface area is 116 Å². The fourth-order valence-corrected chi connectivity index (χ4v) is 2.90. The van der Waals surface area contributed by atoms with Gasteiger partial charge < -0.3 is 11.1 Å². The highest BCUT2D eigenvalue weighted by Gasteiger charge is 2.24. The van der Waals surface area contributed by atoms with Crippen molar-refractivity contribution in [3.05, 3.63) is 29.3 Å². The Morgan fingerprint density at radius 3 is 2.58 bits per heavy atom. The van der Waals surface area contributed by atoms with Crippen LogP contribution in [0.25, 0.3) is 5.69 Å². The SMILES string of the molecule is CNc1nn(-c2cccc(Cl)c2)c(N)c1S(C)(=O)=O. The van der Waals surface area contributed by atoms with Crippen molar-refractivity contribution >= 4 is 33.1 Å². The highest BCUT2D eigenvalue weighted by atomic mass is 35.5. The van der Waals surface area contributed by atoms with Crippen LogP contribution in [-0.2, 0) is 9.84 Å². The Morgan fingerprint density at radius 2 is 2.11 bits per heavy atom. The summed E-state index contributed by atoms with van der Waals surface area (Å²) in [6.07, 6.45) is 1.09. The molecule has 3 N–H and O–H groups in total. The van der Waals surface area contributed by atoms with E-state index in [0.717, 1.165) is 6.26 Å². The first-order valence-electron chi connectivity index (χ1n) is 5.37. The molecule has 0 aliphatic rings. The van der Waals surface area contributed by atoms with Crippen LogP contribution in [0.3, 0.4) is 0 Å². The molecule has 102 valence electrons. The molecular formula is C11H13ClN4O2S. The summed E-state index contributed by atoms with van der Waals surface area (Å²) in [5.74, 6) is 0.258. The van der Waals surface area contributed by atoms with Gasteiger partial charge in [0, 0.05) is 18.3 Å². The van der Waals surface area contributed by atoms with Crippen molar-refractivity contribution in [3.63, 3.8) is 0 Å². The van der Waals surface area contributed by atoms with Crippen molar-refractivity contribution < 1.29 is 8.42 Å². The van der Waals surface area contributed by atoms with Crippen LogP contribution in [0.15, 0.2) is 29.2 Å². The van der Waals surface area contributed by atoms with Gasteiger partial charge in [-0.25, -0.2) is 13.1 Å². The first-order valence-corrected chi connectivity index (χ1v) is 7.63. The third kappa shape index (κ3) is 2.52. The van der Waals surface area contributed by atoms with Crippen LogP contribution >= 0.6 is 11.6 Å². The zero-order chi connectivity index (χ0) is 14.2. The number of nitrogens with one attached hydrogen (secondary N) is 1. The number of rotatable bonds is 3. The number of benzene rings is 1. The van der Waals surface area contributed by atoms with Crippen molar-refractivity contribution in [2.45, 2.75) is 4.90 Å². The van der Waals surface area contributed by atoms with Gasteiger partial charge in [0.2, 0.25) is 0 Å². The molecule has 0 bridgehead atoms. The molecule has 1 aromatic carbocycles. The molecule has 8 heteroatoms. The van der Waals surface area contributed by atoms with E-state index in [1.54, 1.807) is 31.3 Å². The number of halogens is 1. The van der Waals surface area contributed by atoms with E-state index in [4.69, 9.17) is 17.3 Å². The maximum absolute atomic E-state index is 11.7. The summed E-state index contributed by atoms with van der Waals surface area (Å²) < 4.78 is 24.8. The summed E-state index contributed by atoms with van der Waals surface area (Å²) in [7, 11) is -1.90. The third-order valence-electron chi connectivity index (χ3n) is 2.54. The molecule has 0 saturated carbocycles. The largest absolute Gasteiger partial charge is 0.382 e. The Morgan fingerprint density at radius 1 is 1.42 bits per heavy atom. The van der Waals surface area contributed by atoms with Gasteiger partial charge in [-0.2, -0.15) is 0 Å². The molecule has 6 nitrogen and oxygen atoms in total. The van der Waals surface area contributed by atoms with Crippen LogP contribution in [0.1, 0.15) is 0 Å². The second kappa shape index (κ2) is 4.75. The van der Waals surface area contributed by atoms with Gasteiger partial charge in [-0.15, -0.1) is 5.10 Å². The van der Waals surface area contributed by atoms with Crippen LogP contribution in [0, 0.1) is 0 Å². The van der Waals surface area contributed by atoms with Crippen molar-refractivity contribution in [1.82, 2.24) is 9.78 Å². The van der Waals surface area contributed by atoms with Gasteiger partial charge in [0.05, 0.1) is 5.69 Å². The van der Waals surface area contributed by atoms with E-state index in [1.165, 1.54) is 4.68 Å². The van der Waals surface area contributed by atoms with E-state index in [1.807, 2.05) is 0 Å². The van der Waals surface area contributed by atoms with Gasteiger partial charge in [-0.3, -0.25) is 0 Å². The number of hydrogen-bond donors (Lipinski definition) is 2. The molecular weight excluding hydrogens is 288 g/mol. The van der Waals surface area contributed by atoms with Crippen molar-refractivity contribution in [2.24, 2.45) is 0 Å². The zero-order valence-electron chi connectivity index (χ0n) is 10.4. The summed E-state index contributed by atoms with van der Waals surface area (Å²) in [6, 6.07) is 6.83. The van der Waals surface area contributed by atoms with Gasteiger partial charge in [0.1, 0.15) is 5.82 Å². The molecule has 0 fully saturated rings. The zero-order valence-corrected chi connectivity index (χ0v) is 12.0. The summed E-state index contributed by atoms with van der Waals surface area (Å²) in [5, 5.41) is 7.39. The highest BCUT2D eigenvalue weighted by Crippen LogP contribution is 2.29. The van der Waals surface area contributed by atoms with Gasteiger partial charge in [0.25, 0.3) is 0 Å².